The number of carboxylic acids is 1. The van der Waals surface area contributed by atoms with Gasteiger partial charge in [0.1, 0.15) is 11.5 Å². The van der Waals surface area contributed by atoms with Gasteiger partial charge in [-0.15, -0.1) is 0 Å². The minimum Gasteiger partial charge on any atom is -0.481 e. The summed E-state index contributed by atoms with van der Waals surface area (Å²) >= 11 is 5.89. The molecule has 0 bridgehead atoms. The van der Waals surface area contributed by atoms with Crippen LogP contribution < -0.4 is 4.90 Å². The van der Waals surface area contributed by atoms with Crippen molar-refractivity contribution in [1.29, 1.82) is 0 Å². The molecule has 2 aromatic rings. The van der Waals surface area contributed by atoms with E-state index in [9.17, 15) is 14.4 Å². The Labute approximate surface area is 202 Å². The molecule has 12 heteroatoms. The lowest BCUT2D eigenvalue weighted by Crippen LogP contribution is -2.48. The number of rotatable bonds is 5. The van der Waals surface area contributed by atoms with Crippen LogP contribution >= 0.6 is 11.6 Å². The highest BCUT2D eigenvalue weighted by atomic mass is 35.5. The average molecular weight is 491 g/mol. The average Bonchev–Trinajstić information content (AvgIpc) is 3.10. The zero-order valence-corrected chi connectivity index (χ0v) is 19.8. The molecule has 0 spiro atoms. The van der Waals surface area contributed by atoms with E-state index in [1.165, 1.54) is 23.5 Å². The summed E-state index contributed by atoms with van der Waals surface area (Å²) in [5.74, 6) is -0.814. The number of aliphatic carboxylic acids is 1. The highest BCUT2D eigenvalue weighted by molar-refractivity contribution is 6.30. The van der Waals surface area contributed by atoms with Gasteiger partial charge < -0.3 is 19.6 Å². The molecule has 182 valence electrons. The van der Waals surface area contributed by atoms with E-state index in [4.69, 9.17) is 21.4 Å². The molecule has 0 aliphatic carbocycles. The van der Waals surface area contributed by atoms with E-state index >= 15 is 0 Å². The van der Waals surface area contributed by atoms with Crippen molar-refractivity contribution in [3.8, 4) is 0 Å². The molecule has 11 nitrogen and oxygen atoms in total. The van der Waals surface area contributed by atoms with Crippen LogP contribution in [0.25, 0.3) is 0 Å². The summed E-state index contributed by atoms with van der Waals surface area (Å²) in [7, 11) is 2.00. The lowest BCUT2D eigenvalue weighted by Gasteiger charge is -2.33. The van der Waals surface area contributed by atoms with Crippen molar-refractivity contribution in [2.45, 2.75) is 32.4 Å². The summed E-state index contributed by atoms with van der Waals surface area (Å²) in [4.78, 5) is 52.8. The van der Waals surface area contributed by atoms with E-state index in [0.29, 0.717) is 36.0 Å². The van der Waals surface area contributed by atoms with Crippen LogP contribution in [0, 0.1) is 0 Å². The number of carboxylic acid groups (broad SMARTS) is 1. The third kappa shape index (κ3) is 6.17. The van der Waals surface area contributed by atoms with Crippen molar-refractivity contribution in [2.75, 3.05) is 38.1 Å². The Morgan fingerprint density at radius 3 is 2.44 bits per heavy atom. The van der Waals surface area contributed by atoms with Gasteiger partial charge in [-0.05, 0) is 25.6 Å². The van der Waals surface area contributed by atoms with Crippen molar-refractivity contribution in [2.24, 2.45) is 0 Å². The molecule has 34 heavy (non-hydrogen) atoms. The summed E-state index contributed by atoms with van der Waals surface area (Å²) < 4.78 is 5.68. The SMILES string of the molecule is CCCCC(=O)O.CN1CCN(C(=O)O[C@H]2c3nccnc3C(=O)N2c2ccc(Cl)cn2)CC1. The minimum absolute atomic E-state index is 0.144. The van der Waals surface area contributed by atoms with Crippen LogP contribution in [0.5, 0.6) is 0 Å². The van der Waals surface area contributed by atoms with Gasteiger partial charge in [0.05, 0.1) is 5.02 Å². The molecule has 1 atom stereocenters. The number of halogens is 1. The molecule has 0 radical (unpaired) electrons. The molecule has 0 saturated carbocycles. The van der Waals surface area contributed by atoms with E-state index in [0.717, 1.165) is 25.9 Å². The van der Waals surface area contributed by atoms with Crippen molar-refractivity contribution in [3.05, 3.63) is 47.1 Å². The number of aromatic nitrogens is 3. The van der Waals surface area contributed by atoms with Crippen LogP contribution in [0.3, 0.4) is 0 Å². The van der Waals surface area contributed by atoms with Gasteiger partial charge in [-0.2, -0.15) is 0 Å². The lowest BCUT2D eigenvalue weighted by atomic mass is 10.3. The molecule has 1 saturated heterocycles. The van der Waals surface area contributed by atoms with E-state index in [-0.39, 0.29) is 5.69 Å². The van der Waals surface area contributed by atoms with Gasteiger partial charge in [0, 0.05) is 51.2 Å². The fraction of sp³-hybridized carbons (Fsp3) is 0.455. The quantitative estimate of drug-likeness (QED) is 0.672. The molecular formula is C22H27ClN6O5. The molecule has 2 aliphatic heterocycles. The Hall–Kier alpha value is -3.31. The number of likely N-dealkylation sites (N-methyl/N-ethyl adjacent to an activating group) is 1. The number of anilines is 1. The largest absolute Gasteiger partial charge is 0.481 e. The first kappa shape index (κ1) is 25.3. The number of hydrogen-bond acceptors (Lipinski definition) is 8. The van der Waals surface area contributed by atoms with Gasteiger partial charge in [-0.3, -0.25) is 14.6 Å². The van der Waals surface area contributed by atoms with Crippen LogP contribution in [0.2, 0.25) is 5.02 Å². The van der Waals surface area contributed by atoms with Crippen molar-refractivity contribution in [3.63, 3.8) is 0 Å². The molecule has 1 N–H and O–H groups in total. The Kier molecular flexibility index (Phi) is 8.72. The van der Waals surface area contributed by atoms with Crippen molar-refractivity contribution in [1.82, 2.24) is 24.8 Å². The van der Waals surface area contributed by atoms with E-state index in [2.05, 4.69) is 19.9 Å². The number of ether oxygens (including phenoxy) is 1. The molecular weight excluding hydrogens is 464 g/mol. The second-order valence-corrected chi connectivity index (χ2v) is 8.26. The van der Waals surface area contributed by atoms with Crippen LogP contribution in [-0.4, -0.2) is 81.1 Å². The zero-order valence-electron chi connectivity index (χ0n) is 19.1. The van der Waals surface area contributed by atoms with Gasteiger partial charge in [-0.25, -0.2) is 19.7 Å². The van der Waals surface area contributed by atoms with E-state index < -0.39 is 24.2 Å². The van der Waals surface area contributed by atoms with Crippen LogP contribution in [0.1, 0.15) is 48.6 Å². The van der Waals surface area contributed by atoms with Gasteiger partial charge in [-0.1, -0.05) is 24.9 Å². The number of fused-ring (bicyclic) bond motifs is 1. The number of carbonyl (C=O) groups is 3. The first-order chi connectivity index (χ1) is 16.3. The molecule has 1 fully saturated rings. The fourth-order valence-corrected chi connectivity index (χ4v) is 3.48. The number of nitrogens with zero attached hydrogens (tertiary/aromatic N) is 6. The van der Waals surface area contributed by atoms with Gasteiger partial charge in [0.25, 0.3) is 5.91 Å². The third-order valence-corrected chi connectivity index (χ3v) is 5.52. The summed E-state index contributed by atoms with van der Waals surface area (Å²) in [5, 5.41) is 8.48. The van der Waals surface area contributed by atoms with Gasteiger partial charge in [0.15, 0.2) is 5.69 Å². The summed E-state index contributed by atoms with van der Waals surface area (Å²) in [6.07, 6.45) is 4.86. The van der Waals surface area contributed by atoms with E-state index in [1.807, 2.05) is 14.0 Å². The Balaban J connectivity index is 0.000000406. The lowest BCUT2D eigenvalue weighted by molar-refractivity contribution is -0.137. The zero-order chi connectivity index (χ0) is 24.7. The predicted molar refractivity (Wildman–Crippen MR) is 124 cm³/mol. The molecule has 0 aromatic carbocycles. The standard InChI is InChI=1S/C17H17ClN6O3.C5H10O2/c1-22-6-8-23(9-7-22)17(26)27-16-14-13(19-4-5-20-14)15(25)24(16)12-3-2-11(18)10-21-12;1-2-3-4-5(6)7/h2-5,10,16H,6-9H2,1H3;2-4H2,1H3,(H,6,7)/t16-;/m0./s1. The fourth-order valence-electron chi connectivity index (χ4n) is 3.37. The molecule has 2 amide bonds. The predicted octanol–water partition coefficient (Wildman–Crippen LogP) is 2.83. The van der Waals surface area contributed by atoms with Crippen LogP contribution in [-0.2, 0) is 9.53 Å². The number of unbranched alkanes of at least 4 members (excludes halogenated alkanes) is 1. The summed E-state index contributed by atoms with van der Waals surface area (Å²) in [6, 6.07) is 3.20. The Morgan fingerprint density at radius 2 is 1.85 bits per heavy atom. The summed E-state index contributed by atoms with van der Waals surface area (Å²) in [6.45, 7) is 4.61. The highest BCUT2D eigenvalue weighted by Crippen LogP contribution is 2.35. The Bertz CT molecular complexity index is 1010. The second-order valence-electron chi connectivity index (χ2n) is 7.82. The van der Waals surface area contributed by atoms with Gasteiger partial charge in [0.2, 0.25) is 6.23 Å². The molecule has 2 aromatic heterocycles. The van der Waals surface area contributed by atoms with Crippen LogP contribution in [0.15, 0.2) is 30.7 Å². The van der Waals surface area contributed by atoms with Crippen molar-refractivity contribution >= 4 is 35.4 Å². The maximum Gasteiger partial charge on any atom is 0.412 e. The normalized spacial score (nSPS) is 17.6. The molecule has 4 rings (SSSR count). The van der Waals surface area contributed by atoms with Crippen molar-refractivity contribution < 1.29 is 24.2 Å². The number of carbonyl (C=O) groups excluding carboxylic acids is 2. The maximum atomic E-state index is 12.8. The number of pyridine rings is 1. The third-order valence-electron chi connectivity index (χ3n) is 5.29. The van der Waals surface area contributed by atoms with Gasteiger partial charge >= 0.3 is 12.1 Å². The molecule has 4 heterocycles. The van der Waals surface area contributed by atoms with E-state index in [1.54, 1.807) is 17.0 Å². The smallest absolute Gasteiger partial charge is 0.412 e. The monoisotopic (exact) mass is 490 g/mol. The molecule has 0 unspecified atom stereocenters. The first-order valence-corrected chi connectivity index (χ1v) is 11.3. The maximum absolute atomic E-state index is 12.8. The second kappa shape index (κ2) is 11.7. The number of amides is 2. The topological polar surface area (TPSA) is 129 Å². The summed E-state index contributed by atoms with van der Waals surface area (Å²) in [5.41, 5.74) is 0.437. The first-order valence-electron chi connectivity index (χ1n) is 10.9. The Morgan fingerprint density at radius 1 is 1.15 bits per heavy atom. The molecule has 2 aliphatic rings. The number of hydrogen-bond donors (Lipinski definition) is 1. The van der Waals surface area contributed by atoms with Crippen LogP contribution in [0.4, 0.5) is 10.6 Å². The minimum atomic E-state index is -1.03. The highest BCUT2D eigenvalue weighted by Gasteiger charge is 2.44. The number of piperazine rings is 1.